The summed E-state index contributed by atoms with van der Waals surface area (Å²) in [6, 6.07) is 4.76. The fourth-order valence-electron chi connectivity index (χ4n) is 1.79. The summed E-state index contributed by atoms with van der Waals surface area (Å²) < 4.78 is 14.4. The van der Waals surface area contributed by atoms with Crippen LogP contribution >= 0.6 is 23.1 Å². The van der Waals surface area contributed by atoms with Gasteiger partial charge in [-0.05, 0) is 18.4 Å². The Bertz CT molecular complexity index is 612. The number of thioether (sulfide) groups is 1. The largest absolute Gasteiger partial charge is 0.397 e. The molecule has 3 nitrogen and oxygen atoms in total. The maximum atomic E-state index is 13.7. The third-order valence-electron chi connectivity index (χ3n) is 2.87. The van der Waals surface area contributed by atoms with Gasteiger partial charge in [-0.15, -0.1) is 11.3 Å². The average molecular weight is 298 g/mol. The lowest BCUT2D eigenvalue weighted by atomic mass is 10.2. The van der Waals surface area contributed by atoms with Gasteiger partial charge in [-0.25, -0.2) is 4.39 Å². The normalized spacial score (nSPS) is 10.9. The number of hydrogen-bond acceptors (Lipinski definition) is 4. The van der Waals surface area contributed by atoms with Crippen LogP contribution in [-0.4, -0.2) is 36.4 Å². The van der Waals surface area contributed by atoms with E-state index in [2.05, 4.69) is 0 Å². The van der Waals surface area contributed by atoms with E-state index in [1.54, 1.807) is 35.8 Å². The molecule has 2 N–H and O–H groups in total. The Morgan fingerprint density at radius 3 is 2.89 bits per heavy atom. The molecule has 0 spiro atoms. The minimum Gasteiger partial charge on any atom is -0.397 e. The van der Waals surface area contributed by atoms with Gasteiger partial charge in [0.15, 0.2) is 0 Å². The molecule has 0 fully saturated rings. The van der Waals surface area contributed by atoms with Gasteiger partial charge in [-0.3, -0.25) is 4.79 Å². The first-order valence-corrected chi connectivity index (χ1v) is 7.98. The van der Waals surface area contributed by atoms with Crippen molar-refractivity contribution >= 4 is 44.8 Å². The fourth-order valence-corrected chi connectivity index (χ4v) is 3.38. The van der Waals surface area contributed by atoms with Crippen LogP contribution in [0.25, 0.3) is 10.1 Å². The van der Waals surface area contributed by atoms with Gasteiger partial charge in [0.1, 0.15) is 10.7 Å². The van der Waals surface area contributed by atoms with Gasteiger partial charge in [0, 0.05) is 24.0 Å². The molecule has 0 unspecified atom stereocenters. The van der Waals surface area contributed by atoms with Crippen molar-refractivity contribution in [2.75, 3.05) is 31.3 Å². The van der Waals surface area contributed by atoms with Crippen LogP contribution in [0.3, 0.4) is 0 Å². The number of amides is 1. The number of anilines is 1. The van der Waals surface area contributed by atoms with Crippen molar-refractivity contribution in [1.29, 1.82) is 0 Å². The van der Waals surface area contributed by atoms with Crippen LogP contribution < -0.4 is 5.73 Å². The summed E-state index contributed by atoms with van der Waals surface area (Å²) in [7, 11) is 1.73. The molecule has 0 radical (unpaired) electrons. The molecule has 1 amide bonds. The Balaban J connectivity index is 2.38. The van der Waals surface area contributed by atoms with E-state index in [1.165, 1.54) is 17.4 Å². The average Bonchev–Trinajstić information content (AvgIpc) is 2.73. The Kier molecular flexibility index (Phi) is 4.31. The molecule has 1 aromatic carbocycles. The van der Waals surface area contributed by atoms with Crippen molar-refractivity contribution in [3.05, 3.63) is 28.9 Å². The van der Waals surface area contributed by atoms with Crippen LogP contribution in [-0.2, 0) is 0 Å². The Morgan fingerprint density at radius 1 is 1.53 bits per heavy atom. The van der Waals surface area contributed by atoms with Crippen molar-refractivity contribution in [2.45, 2.75) is 0 Å². The first-order chi connectivity index (χ1) is 9.06. The predicted molar refractivity (Wildman–Crippen MR) is 81.5 cm³/mol. The van der Waals surface area contributed by atoms with Gasteiger partial charge in [0.2, 0.25) is 0 Å². The number of nitrogen functional groups attached to an aromatic ring is 1. The van der Waals surface area contributed by atoms with Crippen LogP contribution in [0.2, 0.25) is 0 Å². The minimum absolute atomic E-state index is 0.146. The first kappa shape index (κ1) is 14.1. The van der Waals surface area contributed by atoms with E-state index in [4.69, 9.17) is 5.73 Å². The molecular weight excluding hydrogens is 283 g/mol. The number of nitrogens with zero attached hydrogens (tertiary/aromatic N) is 1. The number of thiophene rings is 1. The van der Waals surface area contributed by atoms with E-state index in [1.807, 2.05) is 6.26 Å². The van der Waals surface area contributed by atoms with Gasteiger partial charge < -0.3 is 10.6 Å². The number of carbonyl (C=O) groups is 1. The smallest absolute Gasteiger partial charge is 0.265 e. The topological polar surface area (TPSA) is 46.3 Å². The van der Waals surface area contributed by atoms with Gasteiger partial charge >= 0.3 is 0 Å². The molecule has 6 heteroatoms. The van der Waals surface area contributed by atoms with Gasteiger partial charge in [-0.2, -0.15) is 11.8 Å². The molecule has 102 valence electrons. The zero-order valence-corrected chi connectivity index (χ0v) is 12.4. The second-order valence-electron chi connectivity index (χ2n) is 4.18. The lowest BCUT2D eigenvalue weighted by molar-refractivity contribution is 0.0809. The summed E-state index contributed by atoms with van der Waals surface area (Å²) in [6.07, 6.45) is 1.99. The number of carbonyl (C=O) groups excluding carboxylic acids is 1. The van der Waals surface area contributed by atoms with Gasteiger partial charge in [-0.1, -0.05) is 6.07 Å². The van der Waals surface area contributed by atoms with Gasteiger partial charge in [0.05, 0.1) is 11.1 Å². The maximum Gasteiger partial charge on any atom is 0.265 e. The minimum atomic E-state index is -0.378. The van der Waals surface area contributed by atoms with E-state index in [9.17, 15) is 9.18 Å². The van der Waals surface area contributed by atoms with Crippen molar-refractivity contribution in [1.82, 2.24) is 4.90 Å². The second kappa shape index (κ2) is 5.79. The van der Waals surface area contributed by atoms with E-state index in [-0.39, 0.29) is 17.4 Å². The van der Waals surface area contributed by atoms with Crippen molar-refractivity contribution in [3.63, 3.8) is 0 Å². The Labute approximate surface area is 119 Å². The molecule has 2 aromatic rings. The monoisotopic (exact) mass is 298 g/mol. The molecule has 0 aliphatic heterocycles. The van der Waals surface area contributed by atoms with Crippen molar-refractivity contribution < 1.29 is 9.18 Å². The molecule has 0 bridgehead atoms. The first-order valence-electron chi connectivity index (χ1n) is 5.77. The number of halogens is 1. The Hall–Kier alpha value is -1.27. The quantitative estimate of drug-likeness (QED) is 0.943. The summed E-state index contributed by atoms with van der Waals surface area (Å²) in [4.78, 5) is 14.3. The molecule has 0 saturated heterocycles. The van der Waals surface area contributed by atoms with Crippen LogP contribution in [0, 0.1) is 5.82 Å². The SMILES string of the molecule is CSCCN(C)C(=O)c1sc2cccc(F)c2c1N. The van der Waals surface area contributed by atoms with E-state index in [0.29, 0.717) is 21.5 Å². The molecule has 1 aromatic heterocycles. The van der Waals surface area contributed by atoms with E-state index < -0.39 is 0 Å². The maximum absolute atomic E-state index is 13.7. The van der Waals surface area contributed by atoms with Crippen molar-refractivity contribution in [2.24, 2.45) is 0 Å². The highest BCUT2D eigenvalue weighted by Gasteiger charge is 2.21. The number of benzene rings is 1. The highest BCUT2D eigenvalue weighted by atomic mass is 32.2. The predicted octanol–water partition coefficient (Wildman–Crippen LogP) is 3.06. The molecule has 0 atom stereocenters. The highest BCUT2D eigenvalue weighted by molar-refractivity contribution is 7.98. The van der Waals surface area contributed by atoms with Gasteiger partial charge in [0.25, 0.3) is 5.91 Å². The van der Waals surface area contributed by atoms with E-state index in [0.717, 1.165) is 5.75 Å². The molecular formula is C13H15FN2OS2. The summed E-state index contributed by atoms with van der Waals surface area (Å²) in [5.74, 6) is 0.339. The van der Waals surface area contributed by atoms with E-state index >= 15 is 0 Å². The number of rotatable bonds is 4. The zero-order valence-electron chi connectivity index (χ0n) is 10.8. The lowest BCUT2D eigenvalue weighted by Crippen LogP contribution is -2.28. The lowest BCUT2D eigenvalue weighted by Gasteiger charge is -2.15. The standard InChI is InChI=1S/C13H15FN2OS2/c1-16(6-7-18-2)13(17)12-11(15)10-8(14)4-3-5-9(10)19-12/h3-5H,6-7,15H2,1-2H3. The van der Waals surface area contributed by atoms with Crippen molar-refractivity contribution in [3.8, 4) is 0 Å². The zero-order chi connectivity index (χ0) is 14.0. The van der Waals surface area contributed by atoms with Crippen LogP contribution in [0.1, 0.15) is 9.67 Å². The van der Waals surface area contributed by atoms with Crippen LogP contribution in [0.5, 0.6) is 0 Å². The molecule has 1 heterocycles. The van der Waals surface area contributed by atoms with Crippen LogP contribution in [0.15, 0.2) is 18.2 Å². The number of nitrogens with two attached hydrogens (primary N) is 1. The molecule has 0 aliphatic rings. The highest BCUT2D eigenvalue weighted by Crippen LogP contribution is 2.35. The third-order valence-corrected chi connectivity index (χ3v) is 4.62. The second-order valence-corrected chi connectivity index (χ2v) is 6.22. The summed E-state index contributed by atoms with van der Waals surface area (Å²) in [5, 5.41) is 0.356. The fraction of sp³-hybridized carbons (Fsp3) is 0.308. The van der Waals surface area contributed by atoms with Crippen LogP contribution in [0.4, 0.5) is 10.1 Å². The number of hydrogen-bond donors (Lipinski definition) is 1. The number of fused-ring (bicyclic) bond motifs is 1. The molecule has 0 saturated carbocycles. The molecule has 19 heavy (non-hydrogen) atoms. The Morgan fingerprint density at radius 2 is 2.26 bits per heavy atom. The molecule has 0 aliphatic carbocycles. The summed E-state index contributed by atoms with van der Waals surface area (Å²) in [6.45, 7) is 0.649. The molecule has 2 rings (SSSR count). The summed E-state index contributed by atoms with van der Waals surface area (Å²) in [5.41, 5.74) is 6.17. The third kappa shape index (κ3) is 2.69. The summed E-state index contributed by atoms with van der Waals surface area (Å²) >= 11 is 2.92.